The Hall–Kier alpha value is -1.16. The van der Waals surface area contributed by atoms with Crippen LogP contribution in [-0.2, 0) is 26.5 Å². The molecule has 6 nitrogen and oxygen atoms in total. The molecule has 0 bridgehead atoms. The highest BCUT2D eigenvalue weighted by molar-refractivity contribution is 9.10. The van der Waals surface area contributed by atoms with E-state index in [0.717, 1.165) is 16.3 Å². The Morgan fingerprint density at radius 3 is 2.29 bits per heavy atom. The molecule has 21 heavy (non-hydrogen) atoms. The minimum atomic E-state index is -3.95. The molecule has 0 amide bonds. The standard InChI is InChI=1S/C12H12BrNO5S2/c1-20(16,17)10-3-2-4-11(6-10)21(18,19)14-7-9(8-15)5-12(14)13/h2-7,15H,8H2,1H3. The van der Waals surface area contributed by atoms with Crippen molar-refractivity contribution in [2.45, 2.75) is 16.4 Å². The molecule has 0 atom stereocenters. The molecule has 1 N–H and O–H groups in total. The van der Waals surface area contributed by atoms with Crippen LogP contribution in [0.1, 0.15) is 5.56 Å². The molecule has 0 aliphatic rings. The minimum absolute atomic E-state index is 0.0748. The summed E-state index contributed by atoms with van der Waals surface area (Å²) < 4.78 is 49.3. The van der Waals surface area contributed by atoms with Gasteiger partial charge >= 0.3 is 0 Å². The van der Waals surface area contributed by atoms with Crippen LogP contribution in [0, 0.1) is 0 Å². The highest BCUT2D eigenvalue weighted by Gasteiger charge is 2.21. The lowest BCUT2D eigenvalue weighted by Crippen LogP contribution is -2.13. The third-order valence-corrected chi connectivity index (χ3v) is 6.40. The van der Waals surface area contributed by atoms with Crippen molar-refractivity contribution in [3.8, 4) is 0 Å². The van der Waals surface area contributed by atoms with E-state index >= 15 is 0 Å². The summed E-state index contributed by atoms with van der Waals surface area (Å²) in [7, 11) is -7.45. The number of halogens is 1. The average molecular weight is 394 g/mol. The van der Waals surface area contributed by atoms with Crippen molar-refractivity contribution in [2.75, 3.05) is 6.26 Å². The van der Waals surface area contributed by atoms with Crippen LogP contribution in [0.2, 0.25) is 0 Å². The number of hydrogen-bond acceptors (Lipinski definition) is 5. The van der Waals surface area contributed by atoms with Gasteiger partial charge in [-0.1, -0.05) is 6.07 Å². The second-order valence-electron chi connectivity index (χ2n) is 4.38. The number of aromatic nitrogens is 1. The largest absolute Gasteiger partial charge is 0.392 e. The fourth-order valence-corrected chi connectivity index (χ4v) is 4.74. The molecule has 0 aliphatic heterocycles. The van der Waals surface area contributed by atoms with Crippen LogP contribution in [0.25, 0.3) is 0 Å². The molecule has 9 heteroatoms. The number of aliphatic hydroxyl groups is 1. The molecule has 0 aliphatic carbocycles. The van der Waals surface area contributed by atoms with Gasteiger partial charge < -0.3 is 5.11 Å². The third kappa shape index (κ3) is 3.20. The zero-order valence-corrected chi connectivity index (χ0v) is 14.1. The quantitative estimate of drug-likeness (QED) is 0.846. The Bertz CT molecular complexity index is 884. The molecule has 0 saturated carbocycles. The van der Waals surface area contributed by atoms with Gasteiger partial charge in [-0.05, 0) is 45.8 Å². The second-order valence-corrected chi connectivity index (χ2v) is 9.02. The predicted octanol–water partition coefficient (Wildman–Crippen LogP) is 1.38. The van der Waals surface area contributed by atoms with E-state index in [4.69, 9.17) is 5.11 Å². The van der Waals surface area contributed by atoms with Crippen molar-refractivity contribution in [1.82, 2.24) is 3.97 Å². The van der Waals surface area contributed by atoms with Gasteiger partial charge in [-0.25, -0.2) is 20.8 Å². The van der Waals surface area contributed by atoms with Crippen molar-refractivity contribution in [3.05, 3.63) is 46.7 Å². The van der Waals surface area contributed by atoms with Crippen molar-refractivity contribution >= 4 is 35.8 Å². The molecule has 1 heterocycles. The number of benzene rings is 1. The number of hydrogen-bond donors (Lipinski definition) is 1. The number of aliphatic hydroxyl groups excluding tert-OH is 1. The first-order chi connectivity index (χ1) is 9.66. The molecule has 0 radical (unpaired) electrons. The van der Waals surface area contributed by atoms with E-state index in [9.17, 15) is 16.8 Å². The summed E-state index contributed by atoms with van der Waals surface area (Å²) >= 11 is 3.10. The molecular weight excluding hydrogens is 382 g/mol. The van der Waals surface area contributed by atoms with Gasteiger partial charge in [0.05, 0.1) is 16.4 Å². The first kappa shape index (κ1) is 16.2. The zero-order valence-electron chi connectivity index (χ0n) is 10.9. The van der Waals surface area contributed by atoms with Crippen molar-refractivity contribution in [2.24, 2.45) is 0 Å². The lowest BCUT2D eigenvalue weighted by molar-refractivity contribution is 0.282. The van der Waals surface area contributed by atoms with Crippen LogP contribution in [0.4, 0.5) is 0 Å². The lowest BCUT2D eigenvalue weighted by atomic mass is 10.4. The van der Waals surface area contributed by atoms with Gasteiger partial charge in [-0.3, -0.25) is 0 Å². The second kappa shape index (κ2) is 5.56. The van der Waals surface area contributed by atoms with Crippen molar-refractivity contribution in [3.63, 3.8) is 0 Å². The summed E-state index contributed by atoms with van der Waals surface area (Å²) in [6.07, 6.45) is 2.28. The zero-order chi connectivity index (χ0) is 15.8. The van der Waals surface area contributed by atoms with E-state index < -0.39 is 19.9 Å². The van der Waals surface area contributed by atoms with Crippen molar-refractivity contribution < 1.29 is 21.9 Å². The minimum Gasteiger partial charge on any atom is -0.392 e. The van der Waals surface area contributed by atoms with E-state index in [1.807, 2.05) is 0 Å². The van der Waals surface area contributed by atoms with Crippen LogP contribution in [-0.4, -0.2) is 32.2 Å². The maximum atomic E-state index is 12.5. The smallest absolute Gasteiger partial charge is 0.268 e. The fraction of sp³-hybridized carbons (Fsp3) is 0.167. The number of sulfone groups is 1. The summed E-state index contributed by atoms with van der Waals surface area (Å²) in [6.45, 7) is -0.301. The topological polar surface area (TPSA) is 93.4 Å². The molecule has 0 unspecified atom stereocenters. The van der Waals surface area contributed by atoms with Crippen LogP contribution in [0.3, 0.4) is 0 Å². The molecule has 2 aromatic rings. The van der Waals surface area contributed by atoms with Crippen LogP contribution < -0.4 is 0 Å². The van der Waals surface area contributed by atoms with Crippen LogP contribution in [0.5, 0.6) is 0 Å². The van der Waals surface area contributed by atoms with Crippen LogP contribution >= 0.6 is 15.9 Å². The third-order valence-electron chi connectivity index (χ3n) is 2.77. The molecule has 0 fully saturated rings. The predicted molar refractivity (Wildman–Crippen MR) is 80.2 cm³/mol. The Morgan fingerprint density at radius 2 is 1.76 bits per heavy atom. The van der Waals surface area contributed by atoms with Crippen LogP contribution in [0.15, 0.2) is 50.9 Å². The van der Waals surface area contributed by atoms with Gasteiger partial charge in [-0.2, -0.15) is 0 Å². The van der Waals surface area contributed by atoms with E-state index in [0.29, 0.717) is 5.56 Å². The summed E-state index contributed by atoms with van der Waals surface area (Å²) in [6, 6.07) is 6.59. The fourth-order valence-electron chi connectivity index (χ4n) is 1.72. The summed E-state index contributed by atoms with van der Waals surface area (Å²) in [5.41, 5.74) is 0.421. The van der Waals surface area contributed by atoms with Gasteiger partial charge in [0.2, 0.25) is 0 Å². The van der Waals surface area contributed by atoms with E-state index in [-0.39, 0.29) is 21.0 Å². The van der Waals surface area contributed by atoms with E-state index in [1.165, 1.54) is 30.5 Å². The van der Waals surface area contributed by atoms with Gasteiger partial charge in [-0.15, -0.1) is 0 Å². The number of rotatable bonds is 4. The van der Waals surface area contributed by atoms with Crippen molar-refractivity contribution in [1.29, 1.82) is 0 Å². The average Bonchev–Trinajstić information content (AvgIpc) is 2.80. The normalized spacial score (nSPS) is 12.5. The molecular formula is C12H12BrNO5S2. The van der Waals surface area contributed by atoms with Gasteiger partial charge in [0.15, 0.2) is 9.84 Å². The first-order valence-electron chi connectivity index (χ1n) is 5.69. The summed E-state index contributed by atoms with van der Waals surface area (Å²) in [4.78, 5) is -0.222. The Kier molecular flexibility index (Phi) is 4.29. The Balaban J connectivity index is 2.62. The van der Waals surface area contributed by atoms with Gasteiger partial charge in [0, 0.05) is 12.5 Å². The maximum Gasteiger partial charge on any atom is 0.268 e. The van der Waals surface area contributed by atoms with Gasteiger partial charge in [0.1, 0.15) is 4.60 Å². The Labute approximate surface area is 131 Å². The Morgan fingerprint density at radius 1 is 1.14 bits per heavy atom. The first-order valence-corrected chi connectivity index (χ1v) is 9.82. The number of nitrogens with zero attached hydrogens (tertiary/aromatic N) is 1. The molecule has 2 rings (SSSR count). The SMILES string of the molecule is CS(=O)(=O)c1cccc(S(=O)(=O)n2cc(CO)cc2Br)c1. The molecule has 0 spiro atoms. The molecule has 114 valence electrons. The monoisotopic (exact) mass is 393 g/mol. The van der Waals surface area contributed by atoms with E-state index in [2.05, 4.69) is 15.9 Å². The summed E-state index contributed by atoms with van der Waals surface area (Å²) in [5, 5.41) is 9.05. The summed E-state index contributed by atoms with van der Waals surface area (Å²) in [5.74, 6) is 0. The molecule has 0 saturated heterocycles. The maximum absolute atomic E-state index is 12.5. The highest BCUT2D eigenvalue weighted by Crippen LogP contribution is 2.24. The van der Waals surface area contributed by atoms with Gasteiger partial charge in [0.25, 0.3) is 10.0 Å². The molecule has 1 aromatic heterocycles. The molecule has 1 aromatic carbocycles. The van der Waals surface area contributed by atoms with E-state index in [1.54, 1.807) is 0 Å². The highest BCUT2D eigenvalue weighted by atomic mass is 79.9. The lowest BCUT2D eigenvalue weighted by Gasteiger charge is -2.08.